The van der Waals surface area contributed by atoms with Crippen LogP contribution in [0, 0.1) is 0 Å². The Morgan fingerprint density at radius 1 is 1.00 bits per heavy atom. The minimum atomic E-state index is -0.655. The average molecular weight is 419 g/mol. The second-order valence-corrected chi connectivity index (χ2v) is 7.02. The molecule has 0 N–H and O–H groups in total. The summed E-state index contributed by atoms with van der Waals surface area (Å²) in [5, 5.41) is 0.503. The molecule has 8 heteroatoms. The van der Waals surface area contributed by atoms with Crippen molar-refractivity contribution in [3.63, 3.8) is 0 Å². The number of benzene rings is 2. The molecule has 29 heavy (non-hydrogen) atoms. The SMILES string of the molecule is COc1cc(OC)cc(C(=O)N2CCN(c3cc(Cl)ccc3OC)C(=O)[C@H]2C)c1. The van der Waals surface area contributed by atoms with E-state index in [1.54, 1.807) is 53.1 Å². The Morgan fingerprint density at radius 2 is 1.66 bits per heavy atom. The number of methoxy groups -OCH3 is 3. The monoisotopic (exact) mass is 418 g/mol. The van der Waals surface area contributed by atoms with Gasteiger partial charge in [-0.1, -0.05) is 11.6 Å². The third kappa shape index (κ3) is 4.10. The first-order valence-corrected chi connectivity index (χ1v) is 9.46. The smallest absolute Gasteiger partial charge is 0.254 e. The van der Waals surface area contributed by atoms with Crippen LogP contribution in [0.1, 0.15) is 17.3 Å². The fourth-order valence-electron chi connectivity index (χ4n) is 3.36. The highest BCUT2D eigenvalue weighted by molar-refractivity contribution is 6.31. The van der Waals surface area contributed by atoms with Gasteiger partial charge in [0.2, 0.25) is 5.91 Å². The summed E-state index contributed by atoms with van der Waals surface area (Å²) in [5.74, 6) is 1.09. The quantitative estimate of drug-likeness (QED) is 0.745. The molecular formula is C21H23ClN2O5. The molecule has 7 nitrogen and oxygen atoms in total. The number of amides is 2. The highest BCUT2D eigenvalue weighted by atomic mass is 35.5. The van der Waals surface area contributed by atoms with Gasteiger partial charge in [0.15, 0.2) is 0 Å². The fraction of sp³-hybridized carbons (Fsp3) is 0.333. The zero-order chi connectivity index (χ0) is 21.1. The van der Waals surface area contributed by atoms with Gasteiger partial charge >= 0.3 is 0 Å². The maximum absolute atomic E-state index is 13.1. The Balaban J connectivity index is 1.87. The van der Waals surface area contributed by atoms with Crippen molar-refractivity contribution in [1.82, 2.24) is 4.90 Å². The average Bonchev–Trinajstić information content (AvgIpc) is 2.74. The second kappa shape index (κ2) is 8.61. The van der Waals surface area contributed by atoms with Crippen LogP contribution in [0.25, 0.3) is 0 Å². The van der Waals surface area contributed by atoms with E-state index in [9.17, 15) is 9.59 Å². The minimum absolute atomic E-state index is 0.208. The minimum Gasteiger partial charge on any atom is -0.497 e. The molecule has 0 saturated carbocycles. The summed E-state index contributed by atoms with van der Waals surface area (Å²) in [6, 6.07) is 9.41. The van der Waals surface area contributed by atoms with E-state index in [1.807, 2.05) is 0 Å². The molecule has 0 radical (unpaired) electrons. The van der Waals surface area contributed by atoms with Crippen molar-refractivity contribution >= 4 is 29.1 Å². The highest BCUT2D eigenvalue weighted by Crippen LogP contribution is 2.33. The van der Waals surface area contributed by atoms with E-state index in [2.05, 4.69) is 0 Å². The van der Waals surface area contributed by atoms with Crippen LogP contribution >= 0.6 is 11.6 Å². The first-order chi connectivity index (χ1) is 13.9. The van der Waals surface area contributed by atoms with Crippen molar-refractivity contribution in [3.8, 4) is 17.2 Å². The molecule has 3 rings (SSSR count). The first kappa shape index (κ1) is 20.8. The van der Waals surface area contributed by atoms with Gasteiger partial charge in [-0.3, -0.25) is 9.59 Å². The Labute approximate surface area is 174 Å². The fourth-order valence-corrected chi connectivity index (χ4v) is 3.52. The number of hydrogen-bond donors (Lipinski definition) is 0. The van der Waals surface area contributed by atoms with E-state index in [-0.39, 0.29) is 11.8 Å². The summed E-state index contributed by atoms with van der Waals surface area (Å²) in [7, 11) is 4.58. The summed E-state index contributed by atoms with van der Waals surface area (Å²) in [4.78, 5) is 29.3. The predicted molar refractivity (Wildman–Crippen MR) is 110 cm³/mol. The largest absolute Gasteiger partial charge is 0.497 e. The van der Waals surface area contributed by atoms with Crippen LogP contribution in [-0.4, -0.2) is 57.2 Å². The van der Waals surface area contributed by atoms with Crippen molar-refractivity contribution < 1.29 is 23.8 Å². The summed E-state index contributed by atoms with van der Waals surface area (Å²) in [6.07, 6.45) is 0. The van der Waals surface area contributed by atoms with Crippen LogP contribution in [-0.2, 0) is 4.79 Å². The van der Waals surface area contributed by atoms with E-state index in [0.717, 1.165) is 0 Å². The number of nitrogens with zero attached hydrogens (tertiary/aromatic N) is 2. The molecule has 2 aromatic carbocycles. The molecule has 0 unspecified atom stereocenters. The lowest BCUT2D eigenvalue weighted by Gasteiger charge is -2.39. The van der Waals surface area contributed by atoms with E-state index in [0.29, 0.717) is 46.6 Å². The molecule has 154 valence electrons. The molecule has 1 fully saturated rings. The van der Waals surface area contributed by atoms with Crippen molar-refractivity contribution in [3.05, 3.63) is 47.0 Å². The molecule has 0 spiro atoms. The lowest BCUT2D eigenvalue weighted by atomic mass is 10.1. The van der Waals surface area contributed by atoms with Gasteiger partial charge in [-0.05, 0) is 37.3 Å². The van der Waals surface area contributed by atoms with Gasteiger partial charge in [0, 0.05) is 29.7 Å². The summed E-state index contributed by atoms with van der Waals surface area (Å²) in [6.45, 7) is 2.40. The zero-order valence-electron chi connectivity index (χ0n) is 16.8. The van der Waals surface area contributed by atoms with Crippen LogP contribution in [0.3, 0.4) is 0 Å². The number of carbonyl (C=O) groups excluding carboxylic acids is 2. The third-order valence-electron chi connectivity index (χ3n) is 4.95. The lowest BCUT2D eigenvalue weighted by molar-refractivity contribution is -0.124. The number of rotatable bonds is 5. The number of carbonyl (C=O) groups is 2. The van der Waals surface area contributed by atoms with Crippen molar-refractivity contribution in [2.24, 2.45) is 0 Å². The molecule has 1 aliphatic rings. The van der Waals surface area contributed by atoms with E-state index < -0.39 is 6.04 Å². The molecule has 0 bridgehead atoms. The number of hydrogen-bond acceptors (Lipinski definition) is 5. The van der Waals surface area contributed by atoms with Gasteiger partial charge in [0.05, 0.1) is 27.0 Å². The Kier molecular flexibility index (Phi) is 6.17. The summed E-state index contributed by atoms with van der Waals surface area (Å²) >= 11 is 6.11. The van der Waals surface area contributed by atoms with Gasteiger partial charge in [-0.25, -0.2) is 0 Å². The molecule has 0 aliphatic carbocycles. The van der Waals surface area contributed by atoms with E-state index in [4.69, 9.17) is 25.8 Å². The molecule has 1 atom stereocenters. The van der Waals surface area contributed by atoms with E-state index in [1.165, 1.54) is 21.3 Å². The maximum Gasteiger partial charge on any atom is 0.254 e. The zero-order valence-corrected chi connectivity index (χ0v) is 17.5. The van der Waals surface area contributed by atoms with Crippen LogP contribution < -0.4 is 19.1 Å². The van der Waals surface area contributed by atoms with Crippen molar-refractivity contribution in [1.29, 1.82) is 0 Å². The molecule has 2 aromatic rings. The Bertz CT molecular complexity index is 911. The summed E-state index contributed by atoms with van der Waals surface area (Å²) in [5.41, 5.74) is 0.988. The lowest BCUT2D eigenvalue weighted by Crippen LogP contribution is -2.57. The molecule has 2 amide bonds. The third-order valence-corrected chi connectivity index (χ3v) is 5.18. The van der Waals surface area contributed by atoms with Crippen LogP contribution in [0.2, 0.25) is 5.02 Å². The highest BCUT2D eigenvalue weighted by Gasteiger charge is 2.36. The summed E-state index contributed by atoms with van der Waals surface area (Å²) < 4.78 is 15.9. The van der Waals surface area contributed by atoms with E-state index >= 15 is 0 Å². The van der Waals surface area contributed by atoms with Gasteiger partial charge in [-0.2, -0.15) is 0 Å². The predicted octanol–water partition coefficient (Wildman–Crippen LogP) is 3.24. The molecule has 1 aliphatic heterocycles. The Morgan fingerprint density at radius 3 is 2.24 bits per heavy atom. The number of piperazine rings is 1. The number of anilines is 1. The Hall–Kier alpha value is -2.93. The maximum atomic E-state index is 13.1. The number of ether oxygens (including phenoxy) is 3. The normalized spacial score (nSPS) is 16.6. The van der Waals surface area contributed by atoms with Gasteiger partial charge in [0.25, 0.3) is 5.91 Å². The van der Waals surface area contributed by atoms with Crippen molar-refractivity contribution in [2.75, 3.05) is 39.3 Å². The van der Waals surface area contributed by atoms with Crippen LogP contribution in [0.15, 0.2) is 36.4 Å². The molecule has 0 aromatic heterocycles. The standard InChI is InChI=1S/C21H23ClN2O5/c1-13-20(25)24(18-11-15(22)5-6-19(18)29-4)8-7-23(13)21(26)14-9-16(27-2)12-17(10-14)28-3/h5-6,9-13H,7-8H2,1-4H3/t13-/m1/s1. The van der Waals surface area contributed by atoms with Crippen molar-refractivity contribution in [2.45, 2.75) is 13.0 Å². The van der Waals surface area contributed by atoms with Gasteiger partial charge in [0.1, 0.15) is 23.3 Å². The second-order valence-electron chi connectivity index (χ2n) is 6.58. The first-order valence-electron chi connectivity index (χ1n) is 9.08. The number of halogens is 1. The molecular weight excluding hydrogens is 396 g/mol. The molecule has 1 saturated heterocycles. The van der Waals surface area contributed by atoms with Crippen LogP contribution in [0.4, 0.5) is 5.69 Å². The molecule has 1 heterocycles. The van der Waals surface area contributed by atoms with Gasteiger partial charge < -0.3 is 24.0 Å². The van der Waals surface area contributed by atoms with Crippen LogP contribution in [0.5, 0.6) is 17.2 Å². The van der Waals surface area contributed by atoms with Gasteiger partial charge in [-0.15, -0.1) is 0 Å². The topological polar surface area (TPSA) is 68.3 Å².